The van der Waals surface area contributed by atoms with Crippen molar-refractivity contribution in [2.45, 2.75) is 26.1 Å². The summed E-state index contributed by atoms with van der Waals surface area (Å²) < 4.78 is 21.2. The lowest BCUT2D eigenvalue weighted by Crippen LogP contribution is -2.31. The highest BCUT2D eigenvalue weighted by molar-refractivity contribution is 6.01. The van der Waals surface area contributed by atoms with E-state index in [0.29, 0.717) is 58.4 Å². The number of aliphatic hydroxyl groups is 2. The molecule has 148 valence electrons. The van der Waals surface area contributed by atoms with Crippen molar-refractivity contribution < 1.29 is 34.0 Å². The Morgan fingerprint density at radius 1 is 0.846 bits per heavy atom. The molecule has 0 bridgehead atoms. The van der Waals surface area contributed by atoms with Crippen LogP contribution in [-0.2, 0) is 25.6 Å². The van der Waals surface area contributed by atoms with Crippen molar-refractivity contribution in [1.82, 2.24) is 0 Å². The molecule has 7 nitrogen and oxygen atoms in total. The van der Waals surface area contributed by atoms with Crippen LogP contribution in [-0.4, -0.2) is 74.5 Å². The monoisotopic (exact) mass is 370 g/mol. The van der Waals surface area contributed by atoms with Gasteiger partial charge < -0.3 is 29.2 Å². The van der Waals surface area contributed by atoms with Crippen molar-refractivity contribution in [3.8, 4) is 0 Å². The second-order valence-corrected chi connectivity index (χ2v) is 6.20. The van der Waals surface area contributed by atoms with Crippen LogP contribution in [0.25, 0.3) is 0 Å². The maximum atomic E-state index is 11.9. The van der Waals surface area contributed by atoms with E-state index < -0.39 is 5.60 Å². The zero-order valence-electron chi connectivity index (χ0n) is 15.6. The SMILES string of the molecule is CC(C)(O)C(=O)c1ccc(COCCOCCOCCOCCO)cc1. The van der Waals surface area contributed by atoms with Gasteiger partial charge in [0.2, 0.25) is 0 Å². The number of Topliss-reactive ketones (excluding diaryl/α,β-unsaturated/α-hetero) is 1. The van der Waals surface area contributed by atoms with E-state index in [1.165, 1.54) is 13.8 Å². The minimum atomic E-state index is -1.37. The summed E-state index contributed by atoms with van der Waals surface area (Å²) in [5.41, 5.74) is 0.0563. The number of carbonyl (C=O) groups is 1. The molecule has 0 heterocycles. The fraction of sp³-hybridized carbons (Fsp3) is 0.632. The fourth-order valence-corrected chi connectivity index (χ4v) is 2.02. The third-order valence-corrected chi connectivity index (χ3v) is 3.39. The number of hydrogen-bond acceptors (Lipinski definition) is 7. The van der Waals surface area contributed by atoms with Crippen LogP contribution in [0.2, 0.25) is 0 Å². The first kappa shape index (κ1) is 22.7. The Hall–Kier alpha value is -1.35. The Kier molecular flexibility index (Phi) is 11.3. The quantitative estimate of drug-likeness (QED) is 0.354. The van der Waals surface area contributed by atoms with Gasteiger partial charge in [0.05, 0.1) is 59.5 Å². The zero-order chi connectivity index (χ0) is 19.3. The molecule has 0 radical (unpaired) electrons. The number of ether oxygens (including phenoxy) is 4. The van der Waals surface area contributed by atoms with E-state index in [1.54, 1.807) is 12.1 Å². The van der Waals surface area contributed by atoms with Gasteiger partial charge in [-0.3, -0.25) is 4.79 Å². The summed E-state index contributed by atoms with van der Waals surface area (Å²) in [5, 5.41) is 18.2. The smallest absolute Gasteiger partial charge is 0.193 e. The van der Waals surface area contributed by atoms with Crippen molar-refractivity contribution in [1.29, 1.82) is 0 Å². The van der Waals surface area contributed by atoms with E-state index in [1.807, 2.05) is 12.1 Å². The average molecular weight is 370 g/mol. The number of rotatable bonds is 15. The van der Waals surface area contributed by atoms with Gasteiger partial charge >= 0.3 is 0 Å². The summed E-state index contributed by atoms with van der Waals surface area (Å²) in [6.45, 7) is 6.57. The van der Waals surface area contributed by atoms with Gasteiger partial charge in [0.1, 0.15) is 5.60 Å². The molecule has 26 heavy (non-hydrogen) atoms. The molecule has 0 aliphatic rings. The fourth-order valence-electron chi connectivity index (χ4n) is 2.02. The maximum Gasteiger partial charge on any atom is 0.193 e. The molecule has 0 aliphatic carbocycles. The molecule has 0 aliphatic heterocycles. The number of aliphatic hydroxyl groups excluding tert-OH is 1. The standard InChI is InChI=1S/C19H30O7/c1-19(2,22)18(21)17-5-3-16(4-6-17)15-26-14-13-25-12-11-24-10-9-23-8-7-20/h3-6,20,22H,7-15H2,1-2H3. The summed E-state index contributed by atoms with van der Waals surface area (Å²) in [7, 11) is 0. The van der Waals surface area contributed by atoms with Crippen LogP contribution in [0.15, 0.2) is 24.3 Å². The third kappa shape index (κ3) is 9.96. The van der Waals surface area contributed by atoms with Gasteiger partial charge in [-0.15, -0.1) is 0 Å². The highest BCUT2D eigenvalue weighted by Gasteiger charge is 2.24. The van der Waals surface area contributed by atoms with Crippen LogP contribution in [0, 0.1) is 0 Å². The van der Waals surface area contributed by atoms with Crippen LogP contribution >= 0.6 is 0 Å². The summed E-state index contributed by atoms with van der Waals surface area (Å²) in [4.78, 5) is 11.9. The van der Waals surface area contributed by atoms with Gasteiger partial charge in [-0.2, -0.15) is 0 Å². The van der Waals surface area contributed by atoms with Gasteiger partial charge in [0.15, 0.2) is 5.78 Å². The molecular formula is C19H30O7. The molecular weight excluding hydrogens is 340 g/mol. The molecule has 1 aromatic rings. The molecule has 2 N–H and O–H groups in total. The largest absolute Gasteiger partial charge is 0.394 e. The Balaban J connectivity index is 2.04. The Bertz CT molecular complexity index is 494. The minimum absolute atomic E-state index is 0.0201. The topological polar surface area (TPSA) is 94.5 Å². The molecule has 0 atom stereocenters. The highest BCUT2D eigenvalue weighted by atomic mass is 16.6. The van der Waals surface area contributed by atoms with E-state index in [9.17, 15) is 9.90 Å². The van der Waals surface area contributed by atoms with Gasteiger partial charge in [0, 0.05) is 5.56 Å². The predicted octanol–water partition coefficient (Wildman–Crippen LogP) is 1.20. The molecule has 0 aromatic heterocycles. The van der Waals surface area contributed by atoms with Gasteiger partial charge in [-0.25, -0.2) is 0 Å². The number of benzene rings is 1. The molecule has 0 saturated carbocycles. The third-order valence-electron chi connectivity index (χ3n) is 3.39. The van der Waals surface area contributed by atoms with Crippen LogP contribution in [0.3, 0.4) is 0 Å². The van der Waals surface area contributed by atoms with Crippen molar-refractivity contribution >= 4 is 5.78 Å². The maximum absolute atomic E-state index is 11.9. The molecule has 0 amide bonds. The molecule has 0 saturated heterocycles. The van der Waals surface area contributed by atoms with E-state index in [-0.39, 0.29) is 12.4 Å². The van der Waals surface area contributed by atoms with Crippen molar-refractivity contribution in [3.05, 3.63) is 35.4 Å². The number of ketones is 1. The molecule has 1 rings (SSSR count). The summed E-state index contributed by atoms with van der Waals surface area (Å²) in [5.74, 6) is -0.305. The lowest BCUT2D eigenvalue weighted by atomic mass is 9.96. The van der Waals surface area contributed by atoms with Crippen LogP contribution in [0.5, 0.6) is 0 Å². The second kappa shape index (κ2) is 12.9. The lowest BCUT2D eigenvalue weighted by molar-refractivity contribution is -0.00743. The van der Waals surface area contributed by atoms with Crippen molar-refractivity contribution in [2.24, 2.45) is 0 Å². The van der Waals surface area contributed by atoms with E-state index in [4.69, 9.17) is 24.1 Å². The molecule has 7 heteroatoms. The summed E-state index contributed by atoms with van der Waals surface area (Å²) in [6, 6.07) is 7.01. The number of carbonyl (C=O) groups excluding carboxylic acids is 1. The second-order valence-electron chi connectivity index (χ2n) is 6.20. The van der Waals surface area contributed by atoms with Gasteiger partial charge in [-0.1, -0.05) is 24.3 Å². The van der Waals surface area contributed by atoms with Crippen LogP contribution in [0.4, 0.5) is 0 Å². The average Bonchev–Trinajstić information content (AvgIpc) is 2.62. The van der Waals surface area contributed by atoms with Crippen LogP contribution < -0.4 is 0 Å². The first-order valence-corrected chi connectivity index (χ1v) is 8.73. The van der Waals surface area contributed by atoms with Gasteiger partial charge in [-0.05, 0) is 19.4 Å². The summed E-state index contributed by atoms with van der Waals surface area (Å²) >= 11 is 0. The number of hydrogen-bond donors (Lipinski definition) is 2. The first-order chi connectivity index (χ1) is 12.4. The van der Waals surface area contributed by atoms with Crippen LogP contribution in [0.1, 0.15) is 29.8 Å². The molecule has 1 aromatic carbocycles. The minimum Gasteiger partial charge on any atom is -0.394 e. The van der Waals surface area contributed by atoms with E-state index >= 15 is 0 Å². The van der Waals surface area contributed by atoms with E-state index in [2.05, 4.69) is 0 Å². The van der Waals surface area contributed by atoms with E-state index in [0.717, 1.165) is 5.56 Å². The first-order valence-electron chi connectivity index (χ1n) is 8.73. The van der Waals surface area contributed by atoms with Gasteiger partial charge in [0.25, 0.3) is 0 Å². The highest BCUT2D eigenvalue weighted by Crippen LogP contribution is 2.14. The zero-order valence-corrected chi connectivity index (χ0v) is 15.6. The normalized spacial score (nSPS) is 11.7. The Morgan fingerprint density at radius 3 is 1.77 bits per heavy atom. The Morgan fingerprint density at radius 2 is 1.31 bits per heavy atom. The van der Waals surface area contributed by atoms with Crippen molar-refractivity contribution in [3.63, 3.8) is 0 Å². The lowest BCUT2D eigenvalue weighted by Gasteiger charge is -2.15. The van der Waals surface area contributed by atoms with Crippen molar-refractivity contribution in [2.75, 3.05) is 52.9 Å². The summed E-state index contributed by atoms with van der Waals surface area (Å²) in [6.07, 6.45) is 0. The predicted molar refractivity (Wildman–Crippen MR) is 96.3 cm³/mol. The Labute approximate surface area is 154 Å². The molecule has 0 fully saturated rings. The molecule has 0 spiro atoms. The molecule has 0 unspecified atom stereocenters.